The van der Waals surface area contributed by atoms with Crippen molar-refractivity contribution in [3.8, 4) is 11.5 Å². The number of nitrogens with one attached hydrogen (secondary N) is 2. The van der Waals surface area contributed by atoms with E-state index in [9.17, 15) is 9.59 Å². The molecule has 0 saturated heterocycles. The third kappa shape index (κ3) is 7.45. The van der Waals surface area contributed by atoms with Crippen LogP contribution in [0.1, 0.15) is 11.1 Å². The number of aromatic nitrogens is 4. The zero-order valence-electron chi connectivity index (χ0n) is 25.2. The van der Waals surface area contributed by atoms with Crippen LogP contribution in [0.15, 0.2) is 73.3 Å². The van der Waals surface area contributed by atoms with Gasteiger partial charge in [0.2, 0.25) is 11.9 Å². The van der Waals surface area contributed by atoms with Gasteiger partial charge in [0, 0.05) is 48.4 Å². The van der Waals surface area contributed by atoms with Gasteiger partial charge in [0.25, 0.3) is 0 Å². The van der Waals surface area contributed by atoms with Crippen LogP contribution < -0.4 is 29.9 Å². The van der Waals surface area contributed by atoms with Crippen molar-refractivity contribution in [2.45, 2.75) is 13.1 Å². The van der Waals surface area contributed by atoms with Crippen molar-refractivity contribution in [2.24, 2.45) is 0 Å². The van der Waals surface area contributed by atoms with Gasteiger partial charge in [0.05, 0.1) is 33.0 Å². The number of ether oxygens (including phenoxy) is 2. The molecule has 0 unspecified atom stereocenters. The summed E-state index contributed by atoms with van der Waals surface area (Å²) in [4.78, 5) is 49.0. The number of fused-ring (bicyclic) bond motifs is 1. The van der Waals surface area contributed by atoms with E-state index in [1.54, 1.807) is 42.7 Å². The van der Waals surface area contributed by atoms with Crippen molar-refractivity contribution in [3.05, 3.63) is 89.5 Å². The Balaban J connectivity index is 1.50. The van der Waals surface area contributed by atoms with Gasteiger partial charge in [-0.1, -0.05) is 29.8 Å². The second-order valence-corrected chi connectivity index (χ2v) is 10.6. The third-order valence-electron chi connectivity index (χ3n) is 6.72. The van der Waals surface area contributed by atoms with Gasteiger partial charge in [0.1, 0.15) is 34.5 Å². The highest BCUT2D eigenvalue weighted by atomic mass is 35.5. The topological polar surface area (TPSA) is 138 Å². The molecule has 0 fully saturated rings. The minimum Gasteiger partial charge on any atom is -0.497 e. The number of carbonyl (C=O) groups excluding carboxylic acids is 2. The van der Waals surface area contributed by atoms with Gasteiger partial charge < -0.3 is 25.0 Å². The van der Waals surface area contributed by atoms with Crippen LogP contribution >= 0.6 is 11.6 Å². The molecule has 0 bridgehead atoms. The zero-order valence-corrected chi connectivity index (χ0v) is 25.9. The minimum atomic E-state index is -0.382. The molecule has 14 heteroatoms. The number of carbonyl (C=O) groups is 2. The van der Waals surface area contributed by atoms with Gasteiger partial charge in [-0.15, -0.1) is 0 Å². The monoisotopic (exact) mass is 629 g/mol. The van der Waals surface area contributed by atoms with E-state index in [-0.39, 0.29) is 36.0 Å². The summed E-state index contributed by atoms with van der Waals surface area (Å²) in [5, 5.41) is 6.18. The number of nitrogens with zero attached hydrogens (tertiary/aromatic N) is 7. The first-order valence-corrected chi connectivity index (χ1v) is 14.2. The standard InChI is InChI=1S/C31H32ClN9O4/c1-39(2)12-6-9-27(42)36-22-8-5-7-20(13-22)17-41-29-21(16-34-30(38-29)37-26-10-11-33-19-35-26)18-40(31(41)43)24-14-23(44-3)15-25(45-4)28(24)32/h5-11,13-16,19H,12,17-18H2,1-4H3,(H,36,42)(H,33,34,35,37,38)/b9-6+. The molecule has 5 rings (SSSR count). The first-order valence-electron chi connectivity index (χ1n) is 13.9. The summed E-state index contributed by atoms with van der Waals surface area (Å²) in [6.07, 6.45) is 7.93. The molecule has 0 aliphatic carbocycles. The normalized spacial score (nSPS) is 12.8. The average Bonchev–Trinajstić information content (AvgIpc) is 3.03. The lowest BCUT2D eigenvalue weighted by Gasteiger charge is -2.36. The number of likely N-dealkylation sites (N-methyl/N-ethyl adjacent to an activating group) is 1. The number of halogens is 1. The van der Waals surface area contributed by atoms with E-state index in [0.717, 1.165) is 5.56 Å². The molecule has 1 aliphatic rings. The highest BCUT2D eigenvalue weighted by Crippen LogP contribution is 2.42. The average molecular weight is 630 g/mol. The summed E-state index contributed by atoms with van der Waals surface area (Å²) >= 11 is 6.72. The van der Waals surface area contributed by atoms with E-state index >= 15 is 0 Å². The molecule has 4 aromatic rings. The lowest BCUT2D eigenvalue weighted by Crippen LogP contribution is -2.47. The fraction of sp³-hybridized carbons (Fsp3) is 0.226. The molecule has 0 spiro atoms. The van der Waals surface area contributed by atoms with Gasteiger partial charge in [-0.2, -0.15) is 4.98 Å². The molecule has 232 valence electrons. The van der Waals surface area contributed by atoms with Gasteiger partial charge in [-0.3, -0.25) is 14.6 Å². The Hall–Kier alpha value is -5.27. The van der Waals surface area contributed by atoms with Crippen LogP contribution in [0.4, 0.5) is 33.8 Å². The maximum absolute atomic E-state index is 14.3. The largest absolute Gasteiger partial charge is 0.497 e. The number of hydrogen-bond acceptors (Lipinski definition) is 10. The van der Waals surface area contributed by atoms with E-state index in [4.69, 9.17) is 26.1 Å². The first-order chi connectivity index (χ1) is 21.7. The zero-order chi connectivity index (χ0) is 31.9. The van der Waals surface area contributed by atoms with Crippen LogP contribution in [0.2, 0.25) is 5.02 Å². The van der Waals surface area contributed by atoms with Crippen molar-refractivity contribution in [3.63, 3.8) is 0 Å². The Morgan fingerprint density at radius 3 is 2.71 bits per heavy atom. The van der Waals surface area contributed by atoms with Crippen molar-refractivity contribution < 1.29 is 19.1 Å². The predicted molar refractivity (Wildman–Crippen MR) is 172 cm³/mol. The third-order valence-corrected chi connectivity index (χ3v) is 7.10. The summed E-state index contributed by atoms with van der Waals surface area (Å²) < 4.78 is 10.9. The van der Waals surface area contributed by atoms with Crippen molar-refractivity contribution >= 4 is 52.5 Å². The second kappa shape index (κ2) is 14.0. The molecule has 3 heterocycles. The van der Waals surface area contributed by atoms with E-state index < -0.39 is 0 Å². The smallest absolute Gasteiger partial charge is 0.330 e. The number of methoxy groups -OCH3 is 2. The Morgan fingerprint density at radius 2 is 1.98 bits per heavy atom. The molecule has 1 aliphatic heterocycles. The molecule has 3 amide bonds. The SMILES string of the molecule is COc1cc(OC)c(Cl)c(N2Cc3cnc(Nc4ccncn4)nc3N(Cc3cccc(NC(=O)/C=C/CN(C)C)c3)C2=O)c1. The molecular formula is C31H32ClN9O4. The predicted octanol–water partition coefficient (Wildman–Crippen LogP) is 4.88. The van der Waals surface area contributed by atoms with Gasteiger partial charge >= 0.3 is 6.03 Å². The minimum absolute atomic E-state index is 0.130. The number of rotatable bonds is 11. The number of anilines is 5. The second-order valence-electron chi connectivity index (χ2n) is 10.2. The summed E-state index contributed by atoms with van der Waals surface area (Å²) in [7, 11) is 6.86. The Labute approximate surface area is 265 Å². The number of benzene rings is 2. The number of urea groups is 1. The van der Waals surface area contributed by atoms with Gasteiger partial charge in [-0.25, -0.2) is 19.7 Å². The lowest BCUT2D eigenvalue weighted by atomic mass is 10.1. The molecule has 2 aromatic carbocycles. The maximum Gasteiger partial charge on any atom is 0.330 e. The van der Waals surface area contributed by atoms with Crippen LogP contribution in [0.5, 0.6) is 11.5 Å². The molecular weight excluding hydrogens is 598 g/mol. The van der Waals surface area contributed by atoms with E-state index in [1.165, 1.54) is 36.4 Å². The number of amides is 3. The van der Waals surface area contributed by atoms with Crippen LogP contribution in [-0.2, 0) is 17.9 Å². The summed E-state index contributed by atoms with van der Waals surface area (Å²) in [6, 6.07) is 11.9. The molecule has 2 N–H and O–H groups in total. The summed E-state index contributed by atoms with van der Waals surface area (Å²) in [5.41, 5.74) is 2.42. The van der Waals surface area contributed by atoms with Gasteiger partial charge in [-0.05, 0) is 37.9 Å². The Morgan fingerprint density at radius 1 is 1.13 bits per heavy atom. The Kier molecular flexibility index (Phi) is 9.70. The highest BCUT2D eigenvalue weighted by Gasteiger charge is 2.35. The Bertz CT molecular complexity index is 1720. The highest BCUT2D eigenvalue weighted by molar-refractivity contribution is 6.35. The number of hydrogen-bond donors (Lipinski definition) is 2. The van der Waals surface area contributed by atoms with E-state index in [0.29, 0.717) is 46.6 Å². The molecule has 13 nitrogen and oxygen atoms in total. The molecule has 0 saturated carbocycles. The maximum atomic E-state index is 14.3. The molecule has 45 heavy (non-hydrogen) atoms. The summed E-state index contributed by atoms with van der Waals surface area (Å²) in [5.74, 6) is 1.74. The van der Waals surface area contributed by atoms with Crippen LogP contribution in [-0.4, -0.2) is 71.6 Å². The van der Waals surface area contributed by atoms with Crippen molar-refractivity contribution in [1.29, 1.82) is 0 Å². The van der Waals surface area contributed by atoms with E-state index in [2.05, 4.69) is 25.6 Å². The van der Waals surface area contributed by atoms with Crippen LogP contribution in [0, 0.1) is 0 Å². The molecule has 0 atom stereocenters. The van der Waals surface area contributed by atoms with Crippen LogP contribution in [0.25, 0.3) is 0 Å². The summed E-state index contributed by atoms with van der Waals surface area (Å²) in [6.45, 7) is 0.911. The van der Waals surface area contributed by atoms with Crippen molar-refractivity contribution in [1.82, 2.24) is 24.8 Å². The fourth-order valence-electron chi connectivity index (χ4n) is 4.59. The van der Waals surface area contributed by atoms with Crippen molar-refractivity contribution in [2.75, 3.05) is 55.3 Å². The van der Waals surface area contributed by atoms with Crippen LogP contribution in [0.3, 0.4) is 0 Å². The molecule has 2 aromatic heterocycles. The molecule has 0 radical (unpaired) electrons. The fourth-order valence-corrected chi connectivity index (χ4v) is 4.88. The van der Waals surface area contributed by atoms with Gasteiger partial charge in [0.15, 0.2) is 0 Å². The lowest BCUT2D eigenvalue weighted by molar-refractivity contribution is -0.111. The first kappa shape index (κ1) is 31.2. The van der Waals surface area contributed by atoms with E-state index in [1.807, 2.05) is 37.2 Å². The quantitative estimate of drug-likeness (QED) is 0.221.